The van der Waals surface area contributed by atoms with E-state index in [0.717, 1.165) is 9.13 Å². The van der Waals surface area contributed by atoms with Crippen LogP contribution in [0.15, 0.2) is 48.5 Å². The highest BCUT2D eigenvalue weighted by molar-refractivity contribution is 14.1. The smallest absolute Gasteiger partial charge is 0.261 e. The van der Waals surface area contributed by atoms with Crippen LogP contribution in [0.4, 0.5) is 0 Å². The molecule has 0 saturated heterocycles. The molecular formula is C19H20ClIN2O3. The number of benzene rings is 2. The Morgan fingerprint density at radius 2 is 1.85 bits per heavy atom. The lowest BCUT2D eigenvalue weighted by Crippen LogP contribution is -2.48. The Bertz CT molecular complexity index is 768. The van der Waals surface area contributed by atoms with E-state index in [1.807, 2.05) is 30.3 Å². The molecule has 0 aliphatic rings. The first kappa shape index (κ1) is 20.5. The number of hydrogen-bond donors (Lipinski definition) is 1. The molecule has 0 radical (unpaired) electrons. The van der Waals surface area contributed by atoms with E-state index >= 15 is 0 Å². The van der Waals surface area contributed by atoms with E-state index in [1.165, 1.54) is 4.90 Å². The van der Waals surface area contributed by atoms with Crippen molar-refractivity contribution in [1.29, 1.82) is 0 Å². The van der Waals surface area contributed by atoms with Gasteiger partial charge in [-0.1, -0.05) is 29.8 Å². The molecule has 0 fully saturated rings. The first-order valence-corrected chi connectivity index (χ1v) is 9.51. The summed E-state index contributed by atoms with van der Waals surface area (Å²) in [5, 5.41) is 3.12. The number of likely N-dealkylation sites (N-methyl/N-ethyl adjacent to an activating group) is 1. The van der Waals surface area contributed by atoms with Crippen molar-refractivity contribution >= 4 is 46.0 Å². The Kier molecular flexibility index (Phi) is 7.71. The minimum Gasteiger partial charge on any atom is -0.484 e. The van der Waals surface area contributed by atoms with E-state index in [-0.39, 0.29) is 25.0 Å². The molecule has 0 spiro atoms. The number of carbonyl (C=O) groups is 2. The van der Waals surface area contributed by atoms with Gasteiger partial charge in [-0.25, -0.2) is 0 Å². The highest BCUT2D eigenvalue weighted by Gasteiger charge is 2.26. The SMILES string of the molecule is CNC(=O)C(C)N(Cc1ccccc1Cl)C(=O)COc1ccc(I)cc1. The van der Waals surface area contributed by atoms with Gasteiger partial charge in [-0.2, -0.15) is 0 Å². The van der Waals surface area contributed by atoms with Gasteiger partial charge >= 0.3 is 0 Å². The molecule has 0 heterocycles. The molecule has 26 heavy (non-hydrogen) atoms. The van der Waals surface area contributed by atoms with Gasteiger partial charge in [-0.3, -0.25) is 9.59 Å². The molecule has 2 amide bonds. The molecule has 7 heteroatoms. The number of halogens is 2. The maximum Gasteiger partial charge on any atom is 0.261 e. The van der Waals surface area contributed by atoms with Crippen molar-refractivity contribution in [3.05, 3.63) is 62.7 Å². The summed E-state index contributed by atoms with van der Waals surface area (Å²) >= 11 is 8.41. The average molecular weight is 487 g/mol. The summed E-state index contributed by atoms with van der Waals surface area (Å²) in [6.45, 7) is 1.74. The molecule has 2 aromatic rings. The van der Waals surface area contributed by atoms with Gasteiger partial charge in [-0.05, 0) is 65.4 Å². The van der Waals surface area contributed by atoms with Crippen molar-refractivity contribution in [1.82, 2.24) is 10.2 Å². The zero-order valence-corrected chi connectivity index (χ0v) is 17.5. The molecule has 2 rings (SSSR count). The van der Waals surface area contributed by atoms with E-state index in [1.54, 1.807) is 32.2 Å². The van der Waals surface area contributed by atoms with Gasteiger partial charge in [0.25, 0.3) is 5.91 Å². The van der Waals surface area contributed by atoms with Crippen LogP contribution in [0.25, 0.3) is 0 Å². The second-order valence-corrected chi connectivity index (χ2v) is 7.30. The Labute approximate surface area is 171 Å². The molecule has 5 nitrogen and oxygen atoms in total. The highest BCUT2D eigenvalue weighted by atomic mass is 127. The summed E-state index contributed by atoms with van der Waals surface area (Å²) in [6.07, 6.45) is 0. The van der Waals surface area contributed by atoms with Gasteiger partial charge in [0, 0.05) is 22.2 Å². The van der Waals surface area contributed by atoms with Crippen LogP contribution < -0.4 is 10.1 Å². The van der Waals surface area contributed by atoms with Gasteiger partial charge in [-0.15, -0.1) is 0 Å². The first-order valence-electron chi connectivity index (χ1n) is 8.05. The number of nitrogens with one attached hydrogen (secondary N) is 1. The number of hydrogen-bond acceptors (Lipinski definition) is 3. The summed E-state index contributed by atoms with van der Waals surface area (Å²) in [6, 6.07) is 14.0. The van der Waals surface area contributed by atoms with Crippen LogP contribution in [0.5, 0.6) is 5.75 Å². The minimum atomic E-state index is -0.649. The van der Waals surface area contributed by atoms with Gasteiger partial charge in [0.15, 0.2) is 6.61 Å². The van der Waals surface area contributed by atoms with Gasteiger partial charge in [0.1, 0.15) is 11.8 Å². The van der Waals surface area contributed by atoms with Crippen molar-refractivity contribution in [2.75, 3.05) is 13.7 Å². The number of ether oxygens (including phenoxy) is 1. The van der Waals surface area contributed by atoms with Crippen LogP contribution >= 0.6 is 34.2 Å². The Balaban J connectivity index is 2.13. The van der Waals surface area contributed by atoms with Crippen LogP contribution in [0.1, 0.15) is 12.5 Å². The summed E-state index contributed by atoms with van der Waals surface area (Å²) in [5.74, 6) is 0.0586. The summed E-state index contributed by atoms with van der Waals surface area (Å²) in [7, 11) is 1.54. The molecule has 2 aromatic carbocycles. The highest BCUT2D eigenvalue weighted by Crippen LogP contribution is 2.19. The molecule has 0 bridgehead atoms. The number of amides is 2. The maximum absolute atomic E-state index is 12.7. The molecular weight excluding hydrogens is 467 g/mol. The summed E-state index contributed by atoms with van der Waals surface area (Å²) in [5.41, 5.74) is 0.771. The van der Waals surface area contributed by atoms with Gasteiger partial charge in [0.05, 0.1) is 0 Å². The topological polar surface area (TPSA) is 58.6 Å². The fourth-order valence-corrected chi connectivity index (χ4v) is 2.92. The minimum absolute atomic E-state index is 0.160. The molecule has 0 saturated carbocycles. The monoisotopic (exact) mass is 486 g/mol. The third kappa shape index (κ3) is 5.60. The Morgan fingerprint density at radius 1 is 1.19 bits per heavy atom. The molecule has 1 N–H and O–H groups in total. The number of carbonyl (C=O) groups excluding carboxylic acids is 2. The quantitative estimate of drug-likeness (QED) is 0.610. The molecule has 1 unspecified atom stereocenters. The molecule has 0 aromatic heterocycles. The third-order valence-corrected chi connectivity index (χ3v) is 4.98. The van der Waals surface area contributed by atoms with E-state index in [4.69, 9.17) is 16.3 Å². The predicted molar refractivity (Wildman–Crippen MR) is 110 cm³/mol. The van der Waals surface area contributed by atoms with Crippen LogP contribution in [0.2, 0.25) is 5.02 Å². The number of nitrogens with zero attached hydrogens (tertiary/aromatic N) is 1. The van der Waals surface area contributed by atoms with E-state index < -0.39 is 6.04 Å². The average Bonchev–Trinajstić information content (AvgIpc) is 2.65. The summed E-state index contributed by atoms with van der Waals surface area (Å²) in [4.78, 5) is 26.3. The van der Waals surface area contributed by atoms with E-state index in [9.17, 15) is 9.59 Å². The lowest BCUT2D eigenvalue weighted by molar-refractivity contribution is -0.142. The Hall–Kier alpha value is -1.80. The van der Waals surface area contributed by atoms with Crippen molar-refractivity contribution in [3.63, 3.8) is 0 Å². The lowest BCUT2D eigenvalue weighted by atomic mass is 10.1. The third-order valence-electron chi connectivity index (χ3n) is 3.89. The fourth-order valence-electron chi connectivity index (χ4n) is 2.36. The Morgan fingerprint density at radius 3 is 2.46 bits per heavy atom. The van der Waals surface area contributed by atoms with Crippen molar-refractivity contribution in [2.24, 2.45) is 0 Å². The molecule has 1 atom stereocenters. The van der Waals surface area contributed by atoms with E-state index in [0.29, 0.717) is 10.8 Å². The molecule has 138 valence electrons. The van der Waals surface area contributed by atoms with Crippen LogP contribution in [0.3, 0.4) is 0 Å². The normalized spacial score (nSPS) is 11.5. The standard InChI is InChI=1S/C19H20ClIN2O3/c1-13(19(25)22-2)23(11-14-5-3-4-6-17(14)20)18(24)12-26-16-9-7-15(21)8-10-16/h3-10,13H,11-12H2,1-2H3,(H,22,25). The van der Waals surface area contributed by atoms with Crippen molar-refractivity contribution < 1.29 is 14.3 Å². The number of rotatable bonds is 7. The zero-order valence-electron chi connectivity index (χ0n) is 14.5. The lowest BCUT2D eigenvalue weighted by Gasteiger charge is -2.28. The largest absolute Gasteiger partial charge is 0.484 e. The molecule has 0 aliphatic carbocycles. The maximum atomic E-state index is 12.7. The van der Waals surface area contributed by atoms with Crippen LogP contribution in [-0.2, 0) is 16.1 Å². The van der Waals surface area contributed by atoms with Crippen molar-refractivity contribution in [2.45, 2.75) is 19.5 Å². The molecule has 0 aliphatic heterocycles. The zero-order chi connectivity index (χ0) is 19.1. The van der Waals surface area contributed by atoms with E-state index in [2.05, 4.69) is 27.9 Å². The van der Waals surface area contributed by atoms with Gasteiger partial charge < -0.3 is 15.0 Å². The van der Waals surface area contributed by atoms with Gasteiger partial charge in [0.2, 0.25) is 5.91 Å². The first-order chi connectivity index (χ1) is 12.4. The second kappa shape index (κ2) is 9.78. The van der Waals surface area contributed by atoms with Crippen LogP contribution in [-0.4, -0.2) is 36.4 Å². The fraction of sp³-hybridized carbons (Fsp3) is 0.263. The van der Waals surface area contributed by atoms with Crippen LogP contribution in [0, 0.1) is 3.57 Å². The summed E-state index contributed by atoms with van der Waals surface area (Å²) < 4.78 is 6.65. The second-order valence-electron chi connectivity index (χ2n) is 5.65. The predicted octanol–water partition coefficient (Wildman–Crippen LogP) is 3.49. The van der Waals surface area contributed by atoms with Crippen molar-refractivity contribution in [3.8, 4) is 5.75 Å².